The summed E-state index contributed by atoms with van der Waals surface area (Å²) in [5.74, 6) is 0. The summed E-state index contributed by atoms with van der Waals surface area (Å²) in [4.78, 5) is 0. The van der Waals surface area contributed by atoms with Crippen LogP contribution in [0.15, 0.2) is 18.2 Å². The van der Waals surface area contributed by atoms with Crippen LogP contribution in [-0.2, 0) is 17.7 Å². The third-order valence-corrected chi connectivity index (χ3v) is 3.94. The lowest BCUT2D eigenvalue weighted by Crippen LogP contribution is -2.44. The number of hydrogen-bond donors (Lipinski definition) is 2. The molecule has 0 aromatic heterocycles. The molecule has 1 aromatic rings. The summed E-state index contributed by atoms with van der Waals surface area (Å²) in [5.41, 5.74) is 4.23. The fourth-order valence-electron chi connectivity index (χ4n) is 2.74. The summed E-state index contributed by atoms with van der Waals surface area (Å²) in [6.45, 7) is 2.05. The van der Waals surface area contributed by atoms with Crippen molar-refractivity contribution in [2.75, 3.05) is 19.0 Å². The van der Waals surface area contributed by atoms with E-state index in [1.807, 2.05) is 0 Å². The van der Waals surface area contributed by atoms with Crippen molar-refractivity contribution in [2.24, 2.45) is 0 Å². The Morgan fingerprint density at radius 2 is 2.29 bits per heavy atom. The van der Waals surface area contributed by atoms with Gasteiger partial charge in [-0.25, -0.2) is 0 Å². The zero-order valence-corrected chi connectivity index (χ0v) is 10.3. The van der Waals surface area contributed by atoms with Crippen molar-refractivity contribution >= 4 is 5.69 Å². The Labute approximate surface area is 103 Å². The molecule has 0 bridgehead atoms. The average Bonchev–Trinajstić information content (AvgIpc) is 2.76. The first-order chi connectivity index (χ1) is 8.36. The maximum Gasteiger partial charge on any atom is 0.0601 e. The molecule has 2 N–H and O–H groups in total. The Morgan fingerprint density at radius 1 is 1.41 bits per heavy atom. The summed E-state index contributed by atoms with van der Waals surface area (Å²) in [7, 11) is 1.80. The van der Waals surface area contributed by atoms with Crippen LogP contribution in [-0.4, -0.2) is 25.8 Å². The molecule has 1 heterocycles. The molecule has 1 aliphatic heterocycles. The van der Waals surface area contributed by atoms with Gasteiger partial charge in [-0.2, -0.15) is 0 Å². The first-order valence-corrected chi connectivity index (χ1v) is 6.47. The molecule has 0 radical (unpaired) electrons. The maximum atomic E-state index is 5.29. The van der Waals surface area contributed by atoms with Gasteiger partial charge >= 0.3 is 0 Å². The Balaban J connectivity index is 1.57. The summed E-state index contributed by atoms with van der Waals surface area (Å²) < 4.78 is 5.29. The number of hydrogen-bond acceptors (Lipinski definition) is 3. The Hall–Kier alpha value is -1.06. The maximum absolute atomic E-state index is 5.29. The minimum absolute atomic E-state index is 0.479. The number of benzene rings is 1. The number of fused-ring (bicyclic) bond motifs is 1. The van der Waals surface area contributed by atoms with Crippen molar-refractivity contribution in [3.8, 4) is 0 Å². The molecule has 1 fully saturated rings. The van der Waals surface area contributed by atoms with E-state index >= 15 is 0 Å². The van der Waals surface area contributed by atoms with E-state index in [2.05, 4.69) is 28.8 Å². The van der Waals surface area contributed by atoms with Crippen LogP contribution >= 0.6 is 0 Å². The van der Waals surface area contributed by atoms with Gasteiger partial charge < -0.3 is 15.4 Å². The molecule has 1 aliphatic carbocycles. The molecule has 0 unspecified atom stereocenters. The topological polar surface area (TPSA) is 33.3 Å². The van der Waals surface area contributed by atoms with Crippen molar-refractivity contribution < 1.29 is 4.74 Å². The van der Waals surface area contributed by atoms with Gasteiger partial charge in [0.15, 0.2) is 0 Å². The van der Waals surface area contributed by atoms with E-state index in [1.54, 1.807) is 7.11 Å². The SMILES string of the molecule is COC1CC(NCc2cccc3c2NCC3)C1. The fraction of sp³-hybridized carbons (Fsp3) is 0.571. The minimum atomic E-state index is 0.479. The smallest absolute Gasteiger partial charge is 0.0601 e. The number of anilines is 1. The van der Waals surface area contributed by atoms with Crippen molar-refractivity contribution in [3.05, 3.63) is 29.3 Å². The molecule has 3 rings (SSSR count). The van der Waals surface area contributed by atoms with Gasteiger partial charge in [0.2, 0.25) is 0 Å². The molecule has 1 saturated carbocycles. The normalized spacial score (nSPS) is 26.2. The van der Waals surface area contributed by atoms with Crippen LogP contribution in [0.3, 0.4) is 0 Å². The molecule has 0 saturated heterocycles. The Morgan fingerprint density at radius 3 is 3.12 bits per heavy atom. The lowest BCUT2D eigenvalue weighted by Gasteiger charge is -2.35. The predicted octanol–water partition coefficient (Wildman–Crippen LogP) is 1.92. The molecule has 0 atom stereocenters. The zero-order valence-electron chi connectivity index (χ0n) is 10.3. The second-order valence-corrected chi connectivity index (χ2v) is 5.03. The summed E-state index contributed by atoms with van der Waals surface area (Å²) in [6, 6.07) is 7.25. The standard InChI is InChI=1S/C14H20N2O/c1-17-13-7-12(8-13)16-9-11-4-2-3-10-5-6-15-14(10)11/h2-4,12-13,15-16H,5-9H2,1H3. The van der Waals surface area contributed by atoms with E-state index in [1.165, 1.54) is 23.2 Å². The molecule has 92 valence electrons. The van der Waals surface area contributed by atoms with Gasteiger partial charge in [-0.05, 0) is 30.4 Å². The van der Waals surface area contributed by atoms with Gasteiger partial charge in [0.1, 0.15) is 0 Å². The van der Waals surface area contributed by atoms with Crippen LogP contribution in [0.2, 0.25) is 0 Å². The van der Waals surface area contributed by atoms with E-state index in [9.17, 15) is 0 Å². The first-order valence-electron chi connectivity index (χ1n) is 6.47. The molecule has 1 aromatic carbocycles. The van der Waals surface area contributed by atoms with Crippen LogP contribution in [0.5, 0.6) is 0 Å². The first kappa shape index (κ1) is 11.1. The highest BCUT2D eigenvalue weighted by atomic mass is 16.5. The fourth-order valence-corrected chi connectivity index (χ4v) is 2.74. The number of nitrogens with one attached hydrogen (secondary N) is 2. The molecule has 0 amide bonds. The molecule has 2 aliphatic rings. The number of methoxy groups -OCH3 is 1. The molecule has 17 heavy (non-hydrogen) atoms. The van der Waals surface area contributed by atoms with Gasteiger partial charge in [0.05, 0.1) is 6.10 Å². The molecule has 3 heteroatoms. The predicted molar refractivity (Wildman–Crippen MR) is 69.3 cm³/mol. The van der Waals surface area contributed by atoms with Crippen molar-refractivity contribution in [1.82, 2.24) is 5.32 Å². The highest BCUT2D eigenvalue weighted by Gasteiger charge is 2.28. The van der Waals surface area contributed by atoms with Gasteiger partial charge in [-0.15, -0.1) is 0 Å². The van der Waals surface area contributed by atoms with Crippen LogP contribution in [0, 0.1) is 0 Å². The summed E-state index contributed by atoms with van der Waals surface area (Å²) in [5, 5.41) is 7.09. The second kappa shape index (κ2) is 4.67. The van der Waals surface area contributed by atoms with Gasteiger partial charge in [-0.1, -0.05) is 18.2 Å². The Bertz CT molecular complexity index is 399. The molecule has 3 nitrogen and oxygen atoms in total. The molecule has 0 spiro atoms. The third-order valence-electron chi connectivity index (χ3n) is 3.94. The number of para-hydroxylation sites is 1. The largest absolute Gasteiger partial charge is 0.384 e. The van der Waals surface area contributed by atoms with Crippen molar-refractivity contribution in [2.45, 2.75) is 38.0 Å². The van der Waals surface area contributed by atoms with Gasteiger partial charge in [-0.3, -0.25) is 0 Å². The van der Waals surface area contributed by atoms with E-state index < -0.39 is 0 Å². The quantitative estimate of drug-likeness (QED) is 0.832. The van der Waals surface area contributed by atoms with E-state index in [0.717, 1.165) is 25.9 Å². The van der Waals surface area contributed by atoms with Crippen molar-refractivity contribution in [1.29, 1.82) is 0 Å². The van der Waals surface area contributed by atoms with Gasteiger partial charge in [0, 0.05) is 31.9 Å². The van der Waals surface area contributed by atoms with E-state index in [0.29, 0.717) is 12.1 Å². The van der Waals surface area contributed by atoms with Crippen LogP contribution < -0.4 is 10.6 Å². The second-order valence-electron chi connectivity index (χ2n) is 5.03. The summed E-state index contributed by atoms with van der Waals surface area (Å²) in [6.07, 6.45) is 3.95. The molecular formula is C14H20N2O. The van der Waals surface area contributed by atoms with E-state index in [-0.39, 0.29) is 0 Å². The van der Waals surface area contributed by atoms with Crippen molar-refractivity contribution in [3.63, 3.8) is 0 Å². The minimum Gasteiger partial charge on any atom is -0.384 e. The van der Waals surface area contributed by atoms with Crippen LogP contribution in [0.4, 0.5) is 5.69 Å². The van der Waals surface area contributed by atoms with E-state index in [4.69, 9.17) is 4.74 Å². The third kappa shape index (κ3) is 2.17. The van der Waals surface area contributed by atoms with Crippen LogP contribution in [0.1, 0.15) is 24.0 Å². The monoisotopic (exact) mass is 232 g/mol. The lowest BCUT2D eigenvalue weighted by atomic mass is 9.89. The Kier molecular flexibility index (Phi) is 3.04. The lowest BCUT2D eigenvalue weighted by molar-refractivity contribution is 0.0170. The van der Waals surface area contributed by atoms with Gasteiger partial charge in [0.25, 0.3) is 0 Å². The highest BCUT2D eigenvalue weighted by Crippen LogP contribution is 2.27. The number of rotatable bonds is 4. The summed E-state index contributed by atoms with van der Waals surface area (Å²) >= 11 is 0. The molecular weight excluding hydrogens is 212 g/mol. The average molecular weight is 232 g/mol. The number of ether oxygens (including phenoxy) is 1. The van der Waals surface area contributed by atoms with Crippen LogP contribution in [0.25, 0.3) is 0 Å². The highest BCUT2D eigenvalue weighted by molar-refractivity contribution is 5.61. The zero-order chi connectivity index (χ0) is 11.7.